The summed E-state index contributed by atoms with van der Waals surface area (Å²) in [6, 6.07) is 12.6. The number of sulfonamides is 1. The number of anilines is 1. The summed E-state index contributed by atoms with van der Waals surface area (Å²) >= 11 is 6.18. The number of benzene rings is 2. The molecule has 226 valence electrons. The van der Waals surface area contributed by atoms with Crippen LogP contribution in [0.1, 0.15) is 76.2 Å². The SMILES string of the molecule is CCCC/C1=N/CCCCC(=O)N1Cc1ccc(-c2ccccc2S(=O)(=O)Nc2noc(C)c2Cl)c(COC(C)C)c1. The van der Waals surface area contributed by atoms with E-state index < -0.39 is 10.0 Å². The van der Waals surface area contributed by atoms with Crippen molar-refractivity contribution in [3.05, 3.63) is 64.4 Å². The van der Waals surface area contributed by atoms with Crippen molar-refractivity contribution in [2.75, 3.05) is 11.3 Å². The number of aliphatic imine (C=N–C) groups is 1. The average molecular weight is 615 g/mol. The van der Waals surface area contributed by atoms with Crippen LogP contribution in [-0.4, -0.2) is 42.9 Å². The summed E-state index contributed by atoms with van der Waals surface area (Å²) in [4.78, 5) is 19.9. The van der Waals surface area contributed by atoms with Gasteiger partial charge in [0.1, 0.15) is 10.9 Å². The van der Waals surface area contributed by atoms with E-state index in [1.165, 1.54) is 6.07 Å². The molecule has 42 heavy (non-hydrogen) atoms. The van der Waals surface area contributed by atoms with Crippen molar-refractivity contribution >= 4 is 39.2 Å². The van der Waals surface area contributed by atoms with Crippen LogP contribution >= 0.6 is 11.6 Å². The first kappa shape index (κ1) is 31.7. The van der Waals surface area contributed by atoms with Gasteiger partial charge in [0.05, 0.1) is 24.2 Å². The molecule has 1 amide bonds. The summed E-state index contributed by atoms with van der Waals surface area (Å²) in [6.45, 7) is 9.01. The molecule has 9 nitrogen and oxygen atoms in total. The molecule has 2 heterocycles. The largest absolute Gasteiger partial charge is 0.374 e. The Morgan fingerprint density at radius 3 is 2.64 bits per heavy atom. The Hall–Kier alpha value is -3.21. The normalized spacial score (nSPS) is 15.8. The summed E-state index contributed by atoms with van der Waals surface area (Å²) < 4.78 is 40.6. The number of amidine groups is 1. The van der Waals surface area contributed by atoms with Gasteiger partial charge >= 0.3 is 0 Å². The third kappa shape index (κ3) is 7.79. The van der Waals surface area contributed by atoms with Gasteiger partial charge in [-0.25, -0.2) is 8.42 Å². The number of hydrogen-bond donors (Lipinski definition) is 1. The predicted octanol–water partition coefficient (Wildman–Crippen LogP) is 7.13. The van der Waals surface area contributed by atoms with E-state index in [2.05, 4.69) is 16.8 Å². The van der Waals surface area contributed by atoms with Gasteiger partial charge in [-0.05, 0) is 62.8 Å². The molecule has 0 aliphatic carbocycles. The maximum Gasteiger partial charge on any atom is 0.263 e. The van der Waals surface area contributed by atoms with Gasteiger partial charge in [-0.1, -0.05) is 66.5 Å². The van der Waals surface area contributed by atoms with Crippen LogP contribution < -0.4 is 4.72 Å². The Labute approximate surface area is 253 Å². The monoisotopic (exact) mass is 614 g/mol. The highest BCUT2D eigenvalue weighted by Crippen LogP contribution is 2.34. The van der Waals surface area contributed by atoms with Crippen molar-refractivity contribution in [1.82, 2.24) is 10.1 Å². The smallest absolute Gasteiger partial charge is 0.263 e. The molecule has 0 spiro atoms. The number of carbonyl (C=O) groups excluding carboxylic acids is 1. The Balaban J connectivity index is 1.73. The molecule has 0 fully saturated rings. The van der Waals surface area contributed by atoms with Crippen LogP contribution in [-0.2, 0) is 32.7 Å². The zero-order valence-corrected chi connectivity index (χ0v) is 26.2. The first-order valence-corrected chi connectivity index (χ1v) is 16.3. The van der Waals surface area contributed by atoms with Crippen LogP contribution in [0.4, 0.5) is 5.82 Å². The third-order valence-electron chi connectivity index (χ3n) is 7.03. The molecular formula is C31H39ClN4O5S. The van der Waals surface area contributed by atoms with Crippen molar-refractivity contribution in [3.63, 3.8) is 0 Å². The van der Waals surface area contributed by atoms with Crippen molar-refractivity contribution in [1.29, 1.82) is 0 Å². The van der Waals surface area contributed by atoms with E-state index in [0.29, 0.717) is 29.9 Å². The van der Waals surface area contributed by atoms with Gasteiger partial charge < -0.3 is 9.26 Å². The zero-order chi connectivity index (χ0) is 30.3. The van der Waals surface area contributed by atoms with E-state index >= 15 is 0 Å². The molecule has 11 heteroatoms. The topological polar surface area (TPSA) is 114 Å². The zero-order valence-electron chi connectivity index (χ0n) is 24.7. The molecule has 0 bridgehead atoms. The fraction of sp³-hybridized carbons (Fsp3) is 0.452. The standard InChI is InChI=1S/C31H39ClN4O5S/c1-5-6-13-28-33-17-10-9-14-29(37)36(28)19-23-15-16-25(24(18-23)20-40-21(2)3)26-11-7-8-12-27(26)42(38,39)35-31-30(32)22(4)41-34-31/h7-8,11-12,15-16,18,21H,5-6,9-10,13-14,17,19-20H2,1-4H3,(H,34,35)/b33-28-. The van der Waals surface area contributed by atoms with Crippen LogP contribution in [0.2, 0.25) is 5.02 Å². The van der Waals surface area contributed by atoms with Gasteiger partial charge in [0.25, 0.3) is 10.0 Å². The van der Waals surface area contributed by atoms with Gasteiger partial charge in [-0.3, -0.25) is 19.4 Å². The molecule has 1 aliphatic heterocycles. The van der Waals surface area contributed by atoms with Gasteiger partial charge in [-0.2, -0.15) is 0 Å². The molecule has 4 rings (SSSR count). The maximum absolute atomic E-state index is 13.5. The number of aryl methyl sites for hydroxylation is 1. The van der Waals surface area contributed by atoms with Crippen LogP contribution in [0.15, 0.2) is 56.9 Å². The first-order valence-electron chi connectivity index (χ1n) is 14.4. The van der Waals surface area contributed by atoms with Gasteiger partial charge in [0, 0.05) is 24.9 Å². The quantitative estimate of drug-likeness (QED) is 0.232. The van der Waals surface area contributed by atoms with Crippen molar-refractivity contribution < 1.29 is 22.5 Å². The van der Waals surface area contributed by atoms with Crippen molar-refractivity contribution in [2.45, 2.75) is 90.4 Å². The van der Waals surface area contributed by atoms with E-state index in [0.717, 1.165) is 55.6 Å². The summed E-state index contributed by atoms with van der Waals surface area (Å²) in [6.07, 6.45) is 4.95. The van der Waals surface area contributed by atoms with Crippen molar-refractivity contribution in [3.8, 4) is 11.1 Å². The predicted molar refractivity (Wildman–Crippen MR) is 165 cm³/mol. The third-order valence-corrected chi connectivity index (χ3v) is 8.87. The molecule has 0 unspecified atom stereocenters. The number of halogens is 1. The minimum Gasteiger partial charge on any atom is -0.374 e. The van der Waals surface area contributed by atoms with Crippen LogP contribution in [0.25, 0.3) is 11.1 Å². The molecule has 1 aromatic heterocycles. The number of ether oxygens (including phenoxy) is 1. The van der Waals surface area contributed by atoms with Gasteiger partial charge in [0.2, 0.25) is 11.7 Å². The Kier molecular flexibility index (Phi) is 10.8. The second kappa shape index (κ2) is 14.3. The van der Waals surface area contributed by atoms with E-state index in [9.17, 15) is 13.2 Å². The van der Waals surface area contributed by atoms with E-state index in [1.807, 2.05) is 36.9 Å². The summed E-state index contributed by atoms with van der Waals surface area (Å²) in [5.41, 5.74) is 2.94. The number of nitrogens with one attached hydrogen (secondary N) is 1. The highest BCUT2D eigenvalue weighted by Gasteiger charge is 2.25. The second-order valence-corrected chi connectivity index (χ2v) is 12.7. The molecule has 0 radical (unpaired) electrons. The minimum atomic E-state index is -4.08. The first-order chi connectivity index (χ1) is 20.1. The number of aromatic nitrogens is 1. The van der Waals surface area contributed by atoms with Gasteiger partial charge in [-0.15, -0.1) is 0 Å². The summed E-state index contributed by atoms with van der Waals surface area (Å²) in [5, 5.41) is 3.85. The van der Waals surface area contributed by atoms with Crippen LogP contribution in [0.5, 0.6) is 0 Å². The lowest BCUT2D eigenvalue weighted by Crippen LogP contribution is -2.37. The Bertz CT molecular complexity index is 1530. The number of amides is 1. The Morgan fingerprint density at radius 2 is 1.93 bits per heavy atom. The van der Waals surface area contributed by atoms with E-state index in [1.54, 1.807) is 25.1 Å². The number of nitrogens with zero attached hydrogens (tertiary/aromatic N) is 3. The molecule has 1 N–H and O–H groups in total. The van der Waals surface area contributed by atoms with Gasteiger partial charge in [0.15, 0.2) is 5.76 Å². The average Bonchev–Trinajstić information content (AvgIpc) is 3.27. The fourth-order valence-corrected chi connectivity index (χ4v) is 6.19. The van der Waals surface area contributed by atoms with Crippen LogP contribution in [0, 0.1) is 6.92 Å². The molecular weight excluding hydrogens is 576 g/mol. The molecule has 0 atom stereocenters. The van der Waals surface area contributed by atoms with Crippen LogP contribution in [0.3, 0.4) is 0 Å². The highest BCUT2D eigenvalue weighted by atomic mass is 35.5. The highest BCUT2D eigenvalue weighted by molar-refractivity contribution is 7.92. The molecule has 2 aromatic carbocycles. The lowest BCUT2D eigenvalue weighted by atomic mass is 9.97. The summed E-state index contributed by atoms with van der Waals surface area (Å²) in [5.74, 6) is 1.17. The number of rotatable bonds is 12. The minimum absolute atomic E-state index is 0.0385. The maximum atomic E-state index is 13.5. The lowest BCUT2D eigenvalue weighted by molar-refractivity contribution is -0.128. The van der Waals surface area contributed by atoms with E-state index in [4.69, 9.17) is 25.9 Å². The number of hydrogen-bond acceptors (Lipinski definition) is 7. The number of carbonyl (C=O) groups is 1. The fourth-order valence-electron chi connectivity index (χ4n) is 4.79. The second-order valence-electron chi connectivity index (χ2n) is 10.7. The summed E-state index contributed by atoms with van der Waals surface area (Å²) in [7, 11) is -4.08. The number of unbranched alkanes of at least 4 members (excludes halogenated alkanes) is 1. The molecule has 3 aromatic rings. The van der Waals surface area contributed by atoms with E-state index in [-0.39, 0.29) is 34.4 Å². The molecule has 1 aliphatic rings. The molecule has 0 saturated heterocycles. The Morgan fingerprint density at radius 1 is 1.14 bits per heavy atom. The van der Waals surface area contributed by atoms with Crippen molar-refractivity contribution in [2.24, 2.45) is 4.99 Å². The molecule has 0 saturated carbocycles. The lowest BCUT2D eigenvalue weighted by Gasteiger charge is -2.27.